The van der Waals surface area contributed by atoms with Crippen molar-refractivity contribution >= 4 is 0 Å². The summed E-state index contributed by atoms with van der Waals surface area (Å²) in [7, 11) is 0. The zero-order valence-electron chi connectivity index (χ0n) is 4.77. The molecule has 0 spiro atoms. The predicted octanol–water partition coefficient (Wildman–Crippen LogP) is -2.98. The molecule has 0 bridgehead atoms. The fraction of sp³-hybridized carbons (Fsp3) is 0.250. The molecule has 0 aliphatic rings. The molecular weight excluding hydrogens is 139 g/mol. The molecule has 0 heterocycles. The average Bonchev–Trinajstić information content (AvgIpc) is 1.67. The third-order valence-corrected chi connectivity index (χ3v) is 0.422. The first kappa shape index (κ1) is 11.7. The molecule has 0 fully saturated rings. The van der Waals surface area contributed by atoms with E-state index < -0.39 is 12.2 Å². The first-order chi connectivity index (χ1) is 3.68. The van der Waals surface area contributed by atoms with Gasteiger partial charge < -0.3 is 5.11 Å². The largest absolute Gasteiger partial charge is 1.00 e. The molecule has 5 heteroatoms. The van der Waals surface area contributed by atoms with Gasteiger partial charge in [0.2, 0.25) is 0 Å². The van der Waals surface area contributed by atoms with Crippen molar-refractivity contribution < 1.29 is 43.4 Å². The maximum Gasteiger partial charge on any atom is 1.00 e. The summed E-state index contributed by atoms with van der Waals surface area (Å²) in [5.41, 5.74) is 0. The SMILES string of the molecule is N#C/C=C(\[O-])C(F)F.[Na+]. The van der Waals surface area contributed by atoms with Crippen LogP contribution in [0.15, 0.2) is 11.8 Å². The van der Waals surface area contributed by atoms with Gasteiger partial charge >= 0.3 is 29.6 Å². The third kappa shape index (κ3) is 5.77. The molecule has 0 rings (SSSR count). The zero-order valence-corrected chi connectivity index (χ0v) is 6.77. The molecule has 0 aliphatic carbocycles. The van der Waals surface area contributed by atoms with Crippen molar-refractivity contribution in [1.29, 1.82) is 5.26 Å². The van der Waals surface area contributed by atoms with Crippen LogP contribution in [0.2, 0.25) is 0 Å². The van der Waals surface area contributed by atoms with Gasteiger partial charge in [-0.05, 0) is 0 Å². The van der Waals surface area contributed by atoms with Gasteiger partial charge in [0.1, 0.15) is 0 Å². The molecule has 0 aromatic carbocycles. The van der Waals surface area contributed by atoms with Gasteiger partial charge in [0.25, 0.3) is 6.43 Å². The Hall–Kier alpha value is -0.110. The number of nitriles is 1. The monoisotopic (exact) mass is 141 g/mol. The van der Waals surface area contributed by atoms with Crippen LogP contribution in [-0.4, -0.2) is 6.43 Å². The standard InChI is InChI=1S/C4H3F2NO.Na/c5-4(6)3(8)1-2-7;/h1,4,8H;/q;+1/p-1/b3-1-;. The molecule has 0 aliphatic heterocycles. The van der Waals surface area contributed by atoms with E-state index in [0.717, 1.165) is 0 Å². The van der Waals surface area contributed by atoms with Gasteiger partial charge in [-0.2, -0.15) is 5.26 Å². The van der Waals surface area contributed by atoms with Gasteiger partial charge in [-0.25, -0.2) is 8.78 Å². The van der Waals surface area contributed by atoms with Crippen molar-refractivity contribution in [3.05, 3.63) is 11.8 Å². The van der Waals surface area contributed by atoms with E-state index >= 15 is 0 Å². The van der Waals surface area contributed by atoms with E-state index in [-0.39, 0.29) is 35.6 Å². The van der Waals surface area contributed by atoms with Crippen LogP contribution in [0, 0.1) is 11.3 Å². The van der Waals surface area contributed by atoms with Gasteiger partial charge in [-0.1, -0.05) is 5.76 Å². The summed E-state index contributed by atoms with van der Waals surface area (Å²) in [6.07, 6.45) is -2.76. The molecule has 0 unspecified atom stereocenters. The Bertz CT molecular complexity index is 140. The molecule has 9 heavy (non-hydrogen) atoms. The molecule has 0 aromatic heterocycles. The molecule has 2 nitrogen and oxygen atoms in total. The van der Waals surface area contributed by atoms with Crippen molar-refractivity contribution in [3.63, 3.8) is 0 Å². The Balaban J connectivity index is 0. The number of hydrogen-bond donors (Lipinski definition) is 0. The second kappa shape index (κ2) is 6.02. The number of nitrogens with zero attached hydrogens (tertiary/aromatic N) is 1. The van der Waals surface area contributed by atoms with Gasteiger partial charge in [-0.3, -0.25) is 0 Å². The fourth-order valence-electron chi connectivity index (χ4n) is 0.127. The first-order valence-electron chi connectivity index (χ1n) is 1.73. The second-order valence-corrected chi connectivity index (χ2v) is 0.977. The smallest absolute Gasteiger partial charge is 0.871 e. The van der Waals surface area contributed by atoms with Gasteiger partial charge in [0.15, 0.2) is 0 Å². The quantitative estimate of drug-likeness (QED) is 0.222. The summed E-state index contributed by atoms with van der Waals surface area (Å²) in [5.74, 6) is -1.44. The molecule has 0 atom stereocenters. The fourth-order valence-corrected chi connectivity index (χ4v) is 0.127. The number of rotatable bonds is 1. The molecule has 0 saturated heterocycles. The Labute approximate surface area is 73.1 Å². The normalized spacial score (nSPS) is 10.2. The van der Waals surface area contributed by atoms with Crippen molar-refractivity contribution in [2.24, 2.45) is 0 Å². The van der Waals surface area contributed by atoms with Crippen LogP contribution in [0.25, 0.3) is 0 Å². The molecular formula is C4H2F2NNaO. The van der Waals surface area contributed by atoms with E-state index in [2.05, 4.69) is 0 Å². The number of halogens is 2. The summed E-state index contributed by atoms with van der Waals surface area (Å²) < 4.78 is 22.2. The maximum atomic E-state index is 11.1. The van der Waals surface area contributed by atoms with Crippen LogP contribution >= 0.6 is 0 Å². The van der Waals surface area contributed by atoms with Crippen LogP contribution < -0.4 is 34.7 Å². The minimum atomic E-state index is -3.05. The van der Waals surface area contributed by atoms with Crippen molar-refractivity contribution in [3.8, 4) is 6.07 Å². The van der Waals surface area contributed by atoms with Crippen LogP contribution in [0.3, 0.4) is 0 Å². The summed E-state index contributed by atoms with van der Waals surface area (Å²) in [4.78, 5) is 0. The van der Waals surface area contributed by atoms with E-state index in [0.29, 0.717) is 0 Å². The Kier molecular flexibility index (Phi) is 7.79. The Morgan fingerprint density at radius 3 is 2.22 bits per heavy atom. The van der Waals surface area contributed by atoms with E-state index in [9.17, 15) is 13.9 Å². The number of hydrogen-bond acceptors (Lipinski definition) is 2. The predicted molar refractivity (Wildman–Crippen MR) is 19.7 cm³/mol. The Morgan fingerprint density at radius 2 is 2.11 bits per heavy atom. The van der Waals surface area contributed by atoms with Crippen molar-refractivity contribution in [1.82, 2.24) is 0 Å². The first-order valence-corrected chi connectivity index (χ1v) is 1.73. The van der Waals surface area contributed by atoms with E-state index in [1.54, 1.807) is 0 Å². The molecule has 0 aromatic rings. The van der Waals surface area contributed by atoms with E-state index in [4.69, 9.17) is 5.26 Å². The summed E-state index contributed by atoms with van der Waals surface area (Å²) in [5, 5.41) is 17.3. The Morgan fingerprint density at radius 1 is 1.67 bits per heavy atom. The van der Waals surface area contributed by atoms with Crippen LogP contribution in [0.5, 0.6) is 0 Å². The third-order valence-electron chi connectivity index (χ3n) is 0.422. The van der Waals surface area contributed by atoms with Gasteiger partial charge in [0, 0.05) is 6.08 Å². The molecule has 0 saturated carbocycles. The summed E-state index contributed by atoms with van der Waals surface area (Å²) >= 11 is 0. The second-order valence-electron chi connectivity index (χ2n) is 0.977. The van der Waals surface area contributed by atoms with Crippen LogP contribution in [-0.2, 0) is 0 Å². The van der Waals surface area contributed by atoms with Gasteiger partial charge in [0.05, 0.1) is 6.07 Å². The molecule has 44 valence electrons. The molecule has 0 N–H and O–H groups in total. The molecule has 0 amide bonds. The van der Waals surface area contributed by atoms with Gasteiger partial charge in [-0.15, -0.1) is 0 Å². The summed E-state index contributed by atoms with van der Waals surface area (Å²) in [6, 6.07) is 1.19. The topological polar surface area (TPSA) is 46.8 Å². The minimum Gasteiger partial charge on any atom is -0.871 e. The van der Waals surface area contributed by atoms with Crippen LogP contribution in [0.4, 0.5) is 8.78 Å². The van der Waals surface area contributed by atoms with Crippen molar-refractivity contribution in [2.75, 3.05) is 0 Å². The van der Waals surface area contributed by atoms with E-state index in [1.165, 1.54) is 6.07 Å². The number of alkyl halides is 2. The van der Waals surface area contributed by atoms with Crippen LogP contribution in [0.1, 0.15) is 0 Å². The average molecular weight is 141 g/mol. The van der Waals surface area contributed by atoms with E-state index in [1.807, 2.05) is 0 Å². The van der Waals surface area contributed by atoms with Crippen molar-refractivity contribution in [2.45, 2.75) is 6.43 Å². The summed E-state index contributed by atoms with van der Waals surface area (Å²) in [6.45, 7) is 0. The molecule has 0 radical (unpaired) electrons. The maximum absolute atomic E-state index is 11.1. The zero-order chi connectivity index (χ0) is 6.57. The minimum absolute atomic E-state index is 0. The number of allylic oxidation sites excluding steroid dienone is 2.